The number of rotatable bonds is 8. The zero-order valence-electron chi connectivity index (χ0n) is 18.8. The van der Waals surface area contributed by atoms with Crippen LogP contribution in [-0.4, -0.2) is 29.6 Å². The summed E-state index contributed by atoms with van der Waals surface area (Å²) in [6.07, 6.45) is 1.99. The Balaban J connectivity index is 1.43. The first kappa shape index (κ1) is 23.6. The van der Waals surface area contributed by atoms with Crippen LogP contribution < -0.4 is 14.8 Å². The average Bonchev–Trinajstić information content (AvgIpc) is 2.84. The zero-order chi connectivity index (χ0) is 24.1. The Morgan fingerprint density at radius 2 is 1.88 bits per heavy atom. The maximum absolute atomic E-state index is 12.7. The summed E-state index contributed by atoms with van der Waals surface area (Å²) >= 11 is 6.36. The van der Waals surface area contributed by atoms with E-state index in [1.165, 1.54) is 5.56 Å². The van der Waals surface area contributed by atoms with E-state index in [2.05, 4.69) is 24.4 Å². The summed E-state index contributed by atoms with van der Waals surface area (Å²) in [5.41, 5.74) is 2.26. The second-order valence-electron chi connectivity index (χ2n) is 8.24. The van der Waals surface area contributed by atoms with Crippen LogP contribution in [0.25, 0.3) is 0 Å². The standard InChI is InChI=1S/C27H26ClNO5/c1-2-19(14-17-6-4-3-5-7-17)29-26(30)18-8-10-20(11-9-18)34-25-16-24-22(15-23(25)28)21(27(31)32)12-13-33-24/h3-11,15-16,19,21H,2,12-14H2,1H3,(H,29,30)(H,31,32). The van der Waals surface area contributed by atoms with Gasteiger partial charge in [-0.1, -0.05) is 48.9 Å². The lowest BCUT2D eigenvalue weighted by Gasteiger charge is -2.24. The lowest BCUT2D eigenvalue weighted by atomic mass is 9.93. The summed E-state index contributed by atoms with van der Waals surface area (Å²) in [6, 6.07) is 20.1. The molecule has 3 aromatic rings. The fourth-order valence-electron chi connectivity index (χ4n) is 3.99. The van der Waals surface area contributed by atoms with Gasteiger partial charge in [-0.05, 0) is 55.2 Å². The van der Waals surface area contributed by atoms with Crippen molar-refractivity contribution in [1.82, 2.24) is 5.32 Å². The second-order valence-corrected chi connectivity index (χ2v) is 8.65. The molecule has 6 nitrogen and oxygen atoms in total. The van der Waals surface area contributed by atoms with Crippen molar-refractivity contribution in [2.24, 2.45) is 0 Å². The van der Waals surface area contributed by atoms with Crippen LogP contribution in [0.15, 0.2) is 66.7 Å². The van der Waals surface area contributed by atoms with Crippen LogP contribution in [0.3, 0.4) is 0 Å². The number of carbonyl (C=O) groups is 2. The molecule has 0 aliphatic carbocycles. The fourth-order valence-corrected chi connectivity index (χ4v) is 4.20. The van der Waals surface area contributed by atoms with Gasteiger partial charge in [0.25, 0.3) is 5.91 Å². The van der Waals surface area contributed by atoms with Crippen molar-refractivity contribution < 1.29 is 24.2 Å². The van der Waals surface area contributed by atoms with E-state index in [1.807, 2.05) is 18.2 Å². The van der Waals surface area contributed by atoms with Crippen molar-refractivity contribution in [1.29, 1.82) is 0 Å². The Bertz CT molecular complexity index is 1160. The number of fused-ring (bicyclic) bond motifs is 1. The Hall–Kier alpha value is -3.51. The van der Waals surface area contributed by atoms with E-state index in [0.717, 1.165) is 12.8 Å². The molecule has 2 N–H and O–H groups in total. The number of hydrogen-bond donors (Lipinski definition) is 2. The van der Waals surface area contributed by atoms with Crippen LogP contribution in [0.4, 0.5) is 0 Å². The van der Waals surface area contributed by atoms with E-state index in [4.69, 9.17) is 21.1 Å². The molecule has 2 atom stereocenters. The van der Waals surface area contributed by atoms with E-state index < -0.39 is 11.9 Å². The lowest BCUT2D eigenvalue weighted by Crippen LogP contribution is -2.35. The van der Waals surface area contributed by atoms with Gasteiger partial charge in [0.15, 0.2) is 0 Å². The molecule has 1 aliphatic heterocycles. The minimum Gasteiger partial charge on any atom is -0.493 e. The van der Waals surface area contributed by atoms with Gasteiger partial charge < -0.3 is 19.9 Å². The van der Waals surface area contributed by atoms with E-state index >= 15 is 0 Å². The van der Waals surface area contributed by atoms with Gasteiger partial charge in [0.1, 0.15) is 17.2 Å². The predicted molar refractivity (Wildman–Crippen MR) is 130 cm³/mol. The molecule has 1 amide bonds. The van der Waals surface area contributed by atoms with Crippen LogP contribution in [0, 0.1) is 0 Å². The summed E-state index contributed by atoms with van der Waals surface area (Å²) in [5, 5.41) is 12.8. The molecule has 0 fully saturated rings. The maximum Gasteiger partial charge on any atom is 0.311 e. The van der Waals surface area contributed by atoms with Gasteiger partial charge in [0.2, 0.25) is 0 Å². The number of hydrogen-bond acceptors (Lipinski definition) is 4. The van der Waals surface area contributed by atoms with Gasteiger partial charge in [-0.15, -0.1) is 0 Å². The topological polar surface area (TPSA) is 84.9 Å². The Labute approximate surface area is 203 Å². The number of halogens is 1. The molecule has 0 saturated carbocycles. The molecular formula is C27H26ClNO5. The van der Waals surface area contributed by atoms with Gasteiger partial charge in [0.05, 0.1) is 17.5 Å². The number of carboxylic acid groups (broad SMARTS) is 1. The predicted octanol–water partition coefficient (Wildman–Crippen LogP) is 5.83. The number of nitrogens with one attached hydrogen (secondary N) is 1. The van der Waals surface area contributed by atoms with Gasteiger partial charge in [0, 0.05) is 23.2 Å². The summed E-state index contributed by atoms with van der Waals surface area (Å²) in [4.78, 5) is 24.2. The Morgan fingerprint density at radius 3 is 2.56 bits per heavy atom. The highest BCUT2D eigenvalue weighted by Gasteiger charge is 2.29. The number of aliphatic carboxylic acids is 1. The normalized spacial score (nSPS) is 15.5. The third kappa shape index (κ3) is 5.51. The molecule has 1 heterocycles. The van der Waals surface area contributed by atoms with Crippen molar-refractivity contribution in [3.63, 3.8) is 0 Å². The van der Waals surface area contributed by atoms with Crippen molar-refractivity contribution in [2.75, 3.05) is 6.61 Å². The van der Waals surface area contributed by atoms with Gasteiger partial charge >= 0.3 is 5.97 Å². The molecule has 2 unspecified atom stereocenters. The molecule has 0 spiro atoms. The highest BCUT2D eigenvalue weighted by molar-refractivity contribution is 6.32. The number of benzene rings is 3. The van der Waals surface area contributed by atoms with Crippen LogP contribution in [-0.2, 0) is 11.2 Å². The number of ether oxygens (including phenoxy) is 2. The van der Waals surface area contributed by atoms with E-state index in [-0.39, 0.29) is 11.9 Å². The average molecular weight is 480 g/mol. The largest absolute Gasteiger partial charge is 0.493 e. The molecule has 1 aliphatic rings. The highest BCUT2D eigenvalue weighted by Crippen LogP contribution is 2.41. The van der Waals surface area contributed by atoms with E-state index in [1.54, 1.807) is 36.4 Å². The summed E-state index contributed by atoms with van der Waals surface area (Å²) in [5.74, 6) is -0.385. The van der Waals surface area contributed by atoms with Gasteiger partial charge in [-0.2, -0.15) is 0 Å². The van der Waals surface area contributed by atoms with Crippen molar-refractivity contribution in [2.45, 2.75) is 38.1 Å². The van der Waals surface area contributed by atoms with E-state index in [0.29, 0.717) is 46.4 Å². The minimum atomic E-state index is -0.905. The summed E-state index contributed by atoms with van der Waals surface area (Å²) in [6.45, 7) is 2.37. The van der Waals surface area contributed by atoms with Crippen LogP contribution in [0.5, 0.6) is 17.2 Å². The first-order valence-electron chi connectivity index (χ1n) is 11.3. The maximum atomic E-state index is 12.7. The molecule has 0 aromatic heterocycles. The van der Waals surface area contributed by atoms with Crippen molar-refractivity contribution >= 4 is 23.5 Å². The number of carboxylic acids is 1. The third-order valence-corrected chi connectivity index (χ3v) is 6.19. The zero-order valence-corrected chi connectivity index (χ0v) is 19.5. The molecule has 0 bridgehead atoms. The first-order chi connectivity index (χ1) is 16.4. The molecule has 0 radical (unpaired) electrons. The summed E-state index contributed by atoms with van der Waals surface area (Å²) in [7, 11) is 0. The quantitative estimate of drug-likeness (QED) is 0.424. The SMILES string of the molecule is CCC(Cc1ccccc1)NC(=O)c1ccc(Oc2cc3c(cc2Cl)C(C(=O)O)CCO3)cc1. The number of carbonyl (C=O) groups excluding carboxylic acids is 1. The van der Waals surface area contributed by atoms with Crippen LogP contribution in [0.2, 0.25) is 5.02 Å². The summed E-state index contributed by atoms with van der Waals surface area (Å²) < 4.78 is 11.5. The second kappa shape index (κ2) is 10.6. The Kier molecular flexibility index (Phi) is 7.38. The molecule has 4 rings (SSSR count). The Morgan fingerprint density at radius 1 is 1.15 bits per heavy atom. The molecule has 176 valence electrons. The molecule has 3 aromatic carbocycles. The van der Waals surface area contributed by atoms with Gasteiger partial charge in [-0.3, -0.25) is 9.59 Å². The first-order valence-corrected chi connectivity index (χ1v) is 11.6. The smallest absolute Gasteiger partial charge is 0.311 e. The molecule has 7 heteroatoms. The van der Waals surface area contributed by atoms with Crippen LogP contribution >= 0.6 is 11.6 Å². The molecule has 0 saturated heterocycles. The molecule has 34 heavy (non-hydrogen) atoms. The monoisotopic (exact) mass is 479 g/mol. The van der Waals surface area contributed by atoms with Crippen molar-refractivity contribution in [3.05, 3.63) is 88.4 Å². The van der Waals surface area contributed by atoms with Crippen molar-refractivity contribution in [3.8, 4) is 17.2 Å². The highest BCUT2D eigenvalue weighted by atomic mass is 35.5. The van der Waals surface area contributed by atoms with Gasteiger partial charge in [-0.25, -0.2) is 0 Å². The fraction of sp³-hybridized carbons (Fsp3) is 0.259. The van der Waals surface area contributed by atoms with Crippen LogP contribution in [0.1, 0.15) is 47.2 Å². The van der Waals surface area contributed by atoms with E-state index in [9.17, 15) is 14.7 Å². The lowest BCUT2D eigenvalue weighted by molar-refractivity contribution is -0.139. The minimum absolute atomic E-state index is 0.0368. The number of amides is 1. The third-order valence-electron chi connectivity index (χ3n) is 5.90. The molecular weight excluding hydrogens is 454 g/mol.